The molecule has 0 aliphatic heterocycles. The average Bonchev–Trinajstić information content (AvgIpc) is 3.03. The van der Waals surface area contributed by atoms with Gasteiger partial charge in [0.05, 0.1) is 0 Å². The fourth-order valence-corrected chi connectivity index (χ4v) is 7.79. The zero-order valence-electron chi connectivity index (χ0n) is 26.1. The monoisotopic (exact) mass is 549 g/mol. The van der Waals surface area contributed by atoms with Crippen LogP contribution in [0.1, 0.15) is 75.8 Å². The van der Waals surface area contributed by atoms with Crippen LogP contribution in [0, 0.1) is 5.92 Å². The molecule has 0 aliphatic rings. The fraction of sp³-hybridized carbons (Fsp3) is 0.262. The molecule has 0 heterocycles. The lowest BCUT2D eigenvalue weighted by Gasteiger charge is -2.61. The molecule has 5 aromatic carbocycles. The highest BCUT2D eigenvalue weighted by atomic mass is 14.6. The highest BCUT2D eigenvalue weighted by Crippen LogP contribution is 2.63. The molecule has 42 heavy (non-hydrogen) atoms. The van der Waals surface area contributed by atoms with Gasteiger partial charge >= 0.3 is 0 Å². The molecule has 5 rings (SSSR count). The molecule has 5 aromatic rings. The molecule has 0 aromatic heterocycles. The molecule has 0 nitrogen and oxygen atoms in total. The third kappa shape index (κ3) is 5.13. The van der Waals surface area contributed by atoms with Gasteiger partial charge in [-0.2, -0.15) is 0 Å². The highest BCUT2D eigenvalue weighted by Gasteiger charge is 2.62. The van der Waals surface area contributed by atoms with Crippen LogP contribution in [-0.4, -0.2) is 0 Å². The number of rotatable bonds is 10. The lowest BCUT2D eigenvalue weighted by Crippen LogP contribution is -2.61. The van der Waals surface area contributed by atoms with Crippen LogP contribution in [0.4, 0.5) is 0 Å². The summed E-state index contributed by atoms with van der Waals surface area (Å²) in [7, 11) is 0. The third-order valence-electron chi connectivity index (χ3n) is 9.82. The maximum Gasteiger partial charge on any atom is 0.0242 e. The standard InChI is InChI=1S/C42H45/c1-39(2,34-24-14-8-15-25-34)32-38(33-22-12-7-13-23-33)42(37-30-20-11-21-31-37,40(3,4)35-26-16-9-17-27-35)41(5,6)36-28-18-10-19-29-36/h7-31H,32H2,1-6H3. The van der Waals surface area contributed by atoms with E-state index in [1.54, 1.807) is 0 Å². The van der Waals surface area contributed by atoms with Crippen molar-refractivity contribution < 1.29 is 0 Å². The Kier molecular flexibility index (Phi) is 8.29. The first-order chi connectivity index (χ1) is 20.1. The Balaban J connectivity index is 1.92. The van der Waals surface area contributed by atoms with E-state index in [0.29, 0.717) is 0 Å². The molecular formula is C42H45. The first-order valence-corrected chi connectivity index (χ1v) is 15.3. The van der Waals surface area contributed by atoms with Gasteiger partial charge in [-0.15, -0.1) is 0 Å². The molecule has 0 heteroatoms. The highest BCUT2D eigenvalue weighted by molar-refractivity contribution is 5.57. The van der Waals surface area contributed by atoms with Crippen molar-refractivity contribution >= 4 is 0 Å². The van der Waals surface area contributed by atoms with Crippen molar-refractivity contribution in [3.8, 4) is 0 Å². The third-order valence-corrected chi connectivity index (χ3v) is 9.82. The van der Waals surface area contributed by atoms with Crippen molar-refractivity contribution in [2.24, 2.45) is 0 Å². The molecule has 0 spiro atoms. The summed E-state index contributed by atoms with van der Waals surface area (Å²) < 4.78 is 0. The SMILES string of the molecule is CC(C)(C[C](c1ccccc1)C(c1ccccc1)(C(C)(C)c1ccccc1)C(C)(C)c1ccccc1)c1ccccc1. The van der Waals surface area contributed by atoms with E-state index in [0.717, 1.165) is 6.42 Å². The predicted molar refractivity (Wildman–Crippen MR) is 180 cm³/mol. The molecule has 1 radical (unpaired) electrons. The Morgan fingerprint density at radius 1 is 0.381 bits per heavy atom. The van der Waals surface area contributed by atoms with Gasteiger partial charge in [-0.1, -0.05) is 193 Å². The molecule has 0 atom stereocenters. The maximum atomic E-state index is 2.47. The lowest BCUT2D eigenvalue weighted by atomic mass is 9.40. The van der Waals surface area contributed by atoms with Crippen LogP contribution in [0.15, 0.2) is 152 Å². The Hall–Kier alpha value is -3.90. The quantitative estimate of drug-likeness (QED) is 0.162. The first kappa shape index (κ1) is 29.6. The summed E-state index contributed by atoms with van der Waals surface area (Å²) >= 11 is 0. The van der Waals surface area contributed by atoms with Gasteiger partial charge < -0.3 is 0 Å². The molecule has 0 N–H and O–H groups in total. The van der Waals surface area contributed by atoms with Crippen LogP contribution in [0.3, 0.4) is 0 Å². The Morgan fingerprint density at radius 3 is 1.07 bits per heavy atom. The van der Waals surface area contributed by atoms with Crippen molar-refractivity contribution in [3.05, 3.63) is 185 Å². The Bertz CT molecular complexity index is 1480. The van der Waals surface area contributed by atoms with E-state index in [2.05, 4.69) is 193 Å². The van der Waals surface area contributed by atoms with Crippen LogP contribution >= 0.6 is 0 Å². The van der Waals surface area contributed by atoms with E-state index in [9.17, 15) is 0 Å². The summed E-state index contributed by atoms with van der Waals surface area (Å²) in [6.45, 7) is 14.7. The molecule has 0 saturated carbocycles. The van der Waals surface area contributed by atoms with E-state index in [4.69, 9.17) is 0 Å². The molecule has 213 valence electrons. The van der Waals surface area contributed by atoms with Crippen LogP contribution in [0.5, 0.6) is 0 Å². The zero-order valence-corrected chi connectivity index (χ0v) is 26.1. The summed E-state index contributed by atoms with van der Waals surface area (Å²) in [5.41, 5.74) is 5.54. The van der Waals surface area contributed by atoms with Crippen LogP contribution in [0.2, 0.25) is 0 Å². The van der Waals surface area contributed by atoms with E-state index in [-0.39, 0.29) is 16.2 Å². The smallest absolute Gasteiger partial charge is 0.0242 e. The molecule has 0 amide bonds. The Morgan fingerprint density at radius 2 is 0.690 bits per heavy atom. The Labute approximate surface area is 254 Å². The first-order valence-electron chi connectivity index (χ1n) is 15.3. The van der Waals surface area contributed by atoms with Crippen molar-refractivity contribution in [1.82, 2.24) is 0 Å². The van der Waals surface area contributed by atoms with Gasteiger partial charge in [-0.05, 0) is 39.7 Å². The largest absolute Gasteiger partial charge is 0.0622 e. The molecule has 0 aliphatic carbocycles. The van der Waals surface area contributed by atoms with Crippen LogP contribution in [-0.2, 0) is 21.7 Å². The van der Waals surface area contributed by atoms with Crippen LogP contribution < -0.4 is 0 Å². The van der Waals surface area contributed by atoms with Crippen molar-refractivity contribution in [2.75, 3.05) is 0 Å². The summed E-state index contributed by atoms with van der Waals surface area (Å²) in [4.78, 5) is 0. The molecule has 0 fully saturated rings. The van der Waals surface area contributed by atoms with Gasteiger partial charge in [-0.25, -0.2) is 0 Å². The summed E-state index contributed by atoms with van der Waals surface area (Å²) in [6.07, 6.45) is 0.905. The van der Waals surface area contributed by atoms with Gasteiger partial charge in [0.15, 0.2) is 0 Å². The van der Waals surface area contributed by atoms with E-state index < -0.39 is 5.41 Å². The zero-order chi connectivity index (χ0) is 29.8. The van der Waals surface area contributed by atoms with Gasteiger partial charge in [-0.3, -0.25) is 0 Å². The van der Waals surface area contributed by atoms with Gasteiger partial charge in [0, 0.05) is 22.2 Å². The second-order valence-electron chi connectivity index (χ2n) is 13.4. The van der Waals surface area contributed by atoms with Crippen molar-refractivity contribution in [3.63, 3.8) is 0 Å². The number of hydrogen-bond donors (Lipinski definition) is 0. The molecule has 0 unspecified atom stereocenters. The molecule has 0 saturated heterocycles. The second kappa shape index (κ2) is 11.8. The predicted octanol–water partition coefficient (Wildman–Crippen LogP) is 10.9. The molecular weight excluding hydrogens is 504 g/mol. The van der Waals surface area contributed by atoms with Gasteiger partial charge in [0.1, 0.15) is 0 Å². The summed E-state index contributed by atoms with van der Waals surface area (Å²) in [6, 6.07) is 55.9. The van der Waals surface area contributed by atoms with Crippen molar-refractivity contribution in [1.29, 1.82) is 0 Å². The topological polar surface area (TPSA) is 0 Å². The van der Waals surface area contributed by atoms with Gasteiger partial charge in [0.2, 0.25) is 0 Å². The van der Waals surface area contributed by atoms with Crippen LogP contribution in [0.25, 0.3) is 0 Å². The maximum absolute atomic E-state index is 2.47. The second-order valence-corrected chi connectivity index (χ2v) is 13.4. The van der Waals surface area contributed by atoms with E-state index in [1.807, 2.05) is 0 Å². The molecule has 0 bridgehead atoms. The van der Waals surface area contributed by atoms with Gasteiger partial charge in [0.25, 0.3) is 0 Å². The fourth-order valence-electron chi connectivity index (χ4n) is 7.79. The normalized spacial score (nSPS) is 12.8. The minimum absolute atomic E-state index is 0.105. The summed E-state index contributed by atoms with van der Waals surface area (Å²) in [5, 5.41) is 0. The lowest BCUT2D eigenvalue weighted by molar-refractivity contribution is 0.147. The minimum Gasteiger partial charge on any atom is -0.0622 e. The number of hydrogen-bond acceptors (Lipinski definition) is 0. The number of benzene rings is 5. The average molecular weight is 550 g/mol. The van der Waals surface area contributed by atoms with E-state index in [1.165, 1.54) is 33.7 Å². The summed E-state index contributed by atoms with van der Waals surface area (Å²) in [5.74, 6) is 1.46. The minimum atomic E-state index is -0.433. The van der Waals surface area contributed by atoms with E-state index >= 15 is 0 Å². The van der Waals surface area contributed by atoms with Crippen molar-refractivity contribution in [2.45, 2.75) is 69.6 Å².